The molecule has 0 bridgehead atoms. The average Bonchev–Trinajstić information content (AvgIpc) is 2.10. The van der Waals surface area contributed by atoms with Crippen LogP contribution in [0.5, 0.6) is 0 Å². The molecule has 0 aliphatic heterocycles. The summed E-state index contributed by atoms with van der Waals surface area (Å²) in [5, 5.41) is 11.5. The normalized spacial score (nSPS) is 13.6. The molecule has 0 amide bonds. The SMILES string of the molecule is CCCCCN=C(C)/C(C)=N/O. The summed E-state index contributed by atoms with van der Waals surface area (Å²) in [6.45, 7) is 6.61. The Balaban J connectivity index is 3.69. The van der Waals surface area contributed by atoms with Gasteiger partial charge in [0, 0.05) is 6.54 Å². The maximum Gasteiger partial charge on any atom is 0.0971 e. The van der Waals surface area contributed by atoms with Crippen LogP contribution in [0.4, 0.5) is 0 Å². The molecule has 0 heterocycles. The summed E-state index contributed by atoms with van der Waals surface area (Å²) >= 11 is 0. The van der Waals surface area contributed by atoms with Crippen molar-refractivity contribution in [1.29, 1.82) is 0 Å². The van der Waals surface area contributed by atoms with E-state index >= 15 is 0 Å². The molecule has 0 saturated heterocycles. The quantitative estimate of drug-likeness (QED) is 0.293. The number of hydrogen-bond acceptors (Lipinski definition) is 3. The Labute approximate surface area is 74.2 Å². The zero-order valence-electron chi connectivity index (χ0n) is 8.17. The van der Waals surface area contributed by atoms with Crippen LogP contribution in [0.3, 0.4) is 0 Å². The lowest BCUT2D eigenvalue weighted by atomic mass is 10.2. The molecule has 0 unspecified atom stereocenters. The van der Waals surface area contributed by atoms with Gasteiger partial charge in [-0.2, -0.15) is 0 Å². The third-order valence-corrected chi connectivity index (χ3v) is 1.78. The van der Waals surface area contributed by atoms with Crippen molar-refractivity contribution in [1.82, 2.24) is 0 Å². The fourth-order valence-corrected chi connectivity index (χ4v) is 0.795. The minimum Gasteiger partial charge on any atom is -0.411 e. The maximum atomic E-state index is 8.42. The van der Waals surface area contributed by atoms with Gasteiger partial charge >= 0.3 is 0 Å². The van der Waals surface area contributed by atoms with Crippen molar-refractivity contribution in [3.63, 3.8) is 0 Å². The lowest BCUT2D eigenvalue weighted by molar-refractivity contribution is 0.320. The molecule has 0 radical (unpaired) electrons. The van der Waals surface area contributed by atoms with E-state index in [0.29, 0.717) is 5.71 Å². The first-order valence-corrected chi connectivity index (χ1v) is 4.42. The fourth-order valence-electron chi connectivity index (χ4n) is 0.795. The van der Waals surface area contributed by atoms with Crippen molar-refractivity contribution in [2.75, 3.05) is 6.54 Å². The molecule has 0 aromatic rings. The molecule has 0 aliphatic rings. The first kappa shape index (κ1) is 11.1. The van der Waals surface area contributed by atoms with Crippen molar-refractivity contribution < 1.29 is 5.21 Å². The van der Waals surface area contributed by atoms with Crippen LogP contribution < -0.4 is 0 Å². The number of hydrogen-bond donors (Lipinski definition) is 1. The Kier molecular flexibility index (Phi) is 6.34. The molecule has 0 atom stereocenters. The lowest BCUT2D eigenvalue weighted by Gasteiger charge is -1.97. The van der Waals surface area contributed by atoms with Crippen molar-refractivity contribution in [2.24, 2.45) is 10.1 Å². The summed E-state index contributed by atoms with van der Waals surface area (Å²) < 4.78 is 0. The minimum atomic E-state index is 0.603. The van der Waals surface area contributed by atoms with Crippen LogP contribution in [0.1, 0.15) is 40.0 Å². The molecule has 1 N–H and O–H groups in total. The Bertz CT molecular complexity index is 173. The number of rotatable bonds is 5. The highest BCUT2D eigenvalue weighted by Crippen LogP contribution is 1.94. The molecule has 0 spiro atoms. The van der Waals surface area contributed by atoms with E-state index in [2.05, 4.69) is 17.1 Å². The third kappa shape index (κ3) is 4.88. The average molecular weight is 170 g/mol. The Morgan fingerprint density at radius 1 is 1.17 bits per heavy atom. The van der Waals surface area contributed by atoms with E-state index in [1.54, 1.807) is 6.92 Å². The van der Waals surface area contributed by atoms with Crippen molar-refractivity contribution in [3.8, 4) is 0 Å². The summed E-state index contributed by atoms with van der Waals surface area (Å²) in [5.74, 6) is 0. The van der Waals surface area contributed by atoms with E-state index in [9.17, 15) is 0 Å². The Morgan fingerprint density at radius 2 is 1.83 bits per heavy atom. The summed E-state index contributed by atoms with van der Waals surface area (Å²) in [4.78, 5) is 4.26. The van der Waals surface area contributed by atoms with E-state index in [1.165, 1.54) is 12.8 Å². The summed E-state index contributed by atoms with van der Waals surface area (Å²) in [6, 6.07) is 0. The molecule has 70 valence electrons. The second-order valence-corrected chi connectivity index (χ2v) is 2.86. The molecule has 12 heavy (non-hydrogen) atoms. The largest absolute Gasteiger partial charge is 0.411 e. The second kappa shape index (κ2) is 6.83. The molecular weight excluding hydrogens is 152 g/mol. The van der Waals surface area contributed by atoms with Crippen molar-refractivity contribution in [2.45, 2.75) is 40.0 Å². The van der Waals surface area contributed by atoms with Crippen LogP contribution in [-0.4, -0.2) is 23.2 Å². The third-order valence-electron chi connectivity index (χ3n) is 1.78. The summed E-state index contributed by atoms with van der Waals surface area (Å²) in [5.41, 5.74) is 1.43. The van der Waals surface area contributed by atoms with Gasteiger partial charge in [0.2, 0.25) is 0 Å². The lowest BCUT2D eigenvalue weighted by Crippen LogP contribution is -2.06. The predicted molar refractivity (Wildman–Crippen MR) is 52.4 cm³/mol. The molecule has 0 aliphatic carbocycles. The first-order valence-electron chi connectivity index (χ1n) is 4.42. The molecule has 0 rings (SSSR count). The smallest absolute Gasteiger partial charge is 0.0971 e. The monoisotopic (exact) mass is 170 g/mol. The van der Waals surface area contributed by atoms with Crippen LogP contribution >= 0.6 is 0 Å². The van der Waals surface area contributed by atoms with Gasteiger partial charge in [0.05, 0.1) is 11.4 Å². The van der Waals surface area contributed by atoms with Gasteiger partial charge in [-0.1, -0.05) is 24.9 Å². The van der Waals surface area contributed by atoms with Gasteiger partial charge in [-0.05, 0) is 20.3 Å². The Morgan fingerprint density at radius 3 is 2.33 bits per heavy atom. The number of nitrogens with zero attached hydrogens (tertiary/aromatic N) is 2. The zero-order valence-corrected chi connectivity index (χ0v) is 8.17. The van der Waals surface area contributed by atoms with Crippen LogP contribution in [0.2, 0.25) is 0 Å². The molecule has 0 saturated carbocycles. The van der Waals surface area contributed by atoms with Gasteiger partial charge in [-0.3, -0.25) is 4.99 Å². The topological polar surface area (TPSA) is 45.0 Å². The summed E-state index contributed by atoms with van der Waals surface area (Å²) in [6.07, 6.45) is 3.54. The highest BCUT2D eigenvalue weighted by atomic mass is 16.4. The first-order chi connectivity index (χ1) is 5.72. The highest BCUT2D eigenvalue weighted by Gasteiger charge is 1.94. The number of unbranched alkanes of at least 4 members (excludes halogenated alkanes) is 2. The molecule has 0 aromatic carbocycles. The van der Waals surface area contributed by atoms with E-state index in [4.69, 9.17) is 5.21 Å². The van der Waals surface area contributed by atoms with E-state index in [1.807, 2.05) is 6.92 Å². The molecule has 0 aromatic heterocycles. The minimum absolute atomic E-state index is 0.603. The van der Waals surface area contributed by atoms with Gasteiger partial charge in [-0.25, -0.2) is 0 Å². The molecule has 3 nitrogen and oxygen atoms in total. The van der Waals surface area contributed by atoms with Crippen molar-refractivity contribution in [3.05, 3.63) is 0 Å². The maximum absolute atomic E-state index is 8.42. The summed E-state index contributed by atoms with van der Waals surface area (Å²) in [7, 11) is 0. The van der Waals surface area contributed by atoms with E-state index < -0.39 is 0 Å². The van der Waals surface area contributed by atoms with Crippen LogP contribution in [0.15, 0.2) is 10.1 Å². The molecule has 0 fully saturated rings. The van der Waals surface area contributed by atoms with Gasteiger partial charge in [0.25, 0.3) is 0 Å². The van der Waals surface area contributed by atoms with Crippen LogP contribution in [0.25, 0.3) is 0 Å². The molecule has 3 heteroatoms. The fraction of sp³-hybridized carbons (Fsp3) is 0.778. The number of aliphatic imine (C=N–C) groups is 1. The standard InChI is InChI=1S/C9H18N2O/c1-4-5-6-7-10-8(2)9(3)11-12/h12H,4-7H2,1-3H3/b10-8?,11-9+. The Hall–Kier alpha value is -0.860. The van der Waals surface area contributed by atoms with E-state index in [-0.39, 0.29) is 0 Å². The number of oxime groups is 1. The van der Waals surface area contributed by atoms with Gasteiger partial charge in [-0.15, -0.1) is 0 Å². The van der Waals surface area contributed by atoms with Crippen molar-refractivity contribution >= 4 is 11.4 Å². The van der Waals surface area contributed by atoms with Crippen LogP contribution in [-0.2, 0) is 0 Å². The van der Waals surface area contributed by atoms with Gasteiger partial charge in [0.15, 0.2) is 0 Å². The predicted octanol–water partition coefficient (Wildman–Crippen LogP) is 2.49. The van der Waals surface area contributed by atoms with E-state index in [0.717, 1.165) is 18.7 Å². The molecular formula is C9H18N2O. The highest BCUT2D eigenvalue weighted by molar-refractivity contribution is 6.40. The zero-order chi connectivity index (χ0) is 9.40. The van der Waals surface area contributed by atoms with Gasteiger partial charge < -0.3 is 5.21 Å². The van der Waals surface area contributed by atoms with Crippen LogP contribution in [0, 0.1) is 0 Å². The second-order valence-electron chi connectivity index (χ2n) is 2.86. The van der Waals surface area contributed by atoms with Gasteiger partial charge in [0.1, 0.15) is 0 Å².